The molecule has 0 radical (unpaired) electrons. The van der Waals surface area contributed by atoms with Gasteiger partial charge in [0.2, 0.25) is 5.78 Å². The Morgan fingerprint density at radius 2 is 1.78 bits per heavy atom. The van der Waals surface area contributed by atoms with Gasteiger partial charge in [-0.3, -0.25) is 14.0 Å². The highest BCUT2D eigenvalue weighted by Gasteiger charge is 2.13. The first kappa shape index (κ1) is 16.7. The molecule has 0 saturated carbocycles. The minimum Gasteiger partial charge on any atom is -0.355 e. The van der Waals surface area contributed by atoms with Crippen molar-refractivity contribution < 1.29 is 4.79 Å². The van der Waals surface area contributed by atoms with Crippen molar-refractivity contribution in [3.8, 4) is 0 Å². The molecule has 0 fully saturated rings. The molecule has 0 aliphatic heterocycles. The van der Waals surface area contributed by atoms with Crippen molar-refractivity contribution in [3.63, 3.8) is 0 Å². The number of aromatic nitrogens is 3. The molecule has 0 atom stereocenters. The number of benzene rings is 2. The molecule has 7 nitrogen and oxygen atoms in total. The molecule has 4 rings (SSSR count). The molecule has 0 spiro atoms. The third-order valence-corrected chi connectivity index (χ3v) is 4.35. The molecule has 0 aliphatic rings. The number of carbonyl (C=O) groups is 1. The maximum absolute atomic E-state index is 12.7. The van der Waals surface area contributed by atoms with Crippen LogP contribution in [0, 0.1) is 6.92 Å². The van der Waals surface area contributed by atoms with Gasteiger partial charge in [0.15, 0.2) is 0 Å². The smallest absolute Gasteiger partial charge is 0.266 e. The largest absolute Gasteiger partial charge is 0.355 e. The van der Waals surface area contributed by atoms with Gasteiger partial charge >= 0.3 is 0 Å². The van der Waals surface area contributed by atoms with E-state index in [0.717, 1.165) is 5.56 Å². The van der Waals surface area contributed by atoms with Crippen LogP contribution in [0.15, 0.2) is 59.5 Å². The second kappa shape index (κ2) is 6.53. The summed E-state index contributed by atoms with van der Waals surface area (Å²) < 4.78 is 1.44. The van der Waals surface area contributed by atoms with Crippen molar-refractivity contribution in [1.82, 2.24) is 19.7 Å². The van der Waals surface area contributed by atoms with Crippen molar-refractivity contribution in [3.05, 3.63) is 76.2 Å². The third-order valence-electron chi connectivity index (χ3n) is 4.35. The summed E-state index contributed by atoms with van der Waals surface area (Å²) >= 11 is 0. The zero-order valence-corrected chi connectivity index (χ0v) is 14.9. The zero-order valence-electron chi connectivity index (χ0n) is 14.9. The minimum atomic E-state index is -0.197. The number of nitrogens with one attached hydrogen (secondary N) is 2. The molecule has 2 heterocycles. The Morgan fingerprint density at radius 3 is 2.59 bits per heavy atom. The van der Waals surface area contributed by atoms with E-state index in [-0.39, 0.29) is 11.5 Å². The van der Waals surface area contributed by atoms with E-state index in [9.17, 15) is 9.59 Å². The van der Waals surface area contributed by atoms with E-state index in [1.807, 2.05) is 25.1 Å². The molecule has 2 aromatic carbocycles. The van der Waals surface area contributed by atoms with Crippen LogP contribution in [-0.4, -0.2) is 27.3 Å². The lowest BCUT2D eigenvalue weighted by Crippen LogP contribution is -2.20. The lowest BCUT2D eigenvalue weighted by atomic mass is 10.1. The number of para-hydroxylation sites is 2. The Labute approximate surface area is 154 Å². The highest BCUT2D eigenvalue weighted by atomic mass is 16.1. The van der Waals surface area contributed by atoms with Crippen LogP contribution in [0.1, 0.15) is 15.9 Å². The van der Waals surface area contributed by atoms with E-state index < -0.39 is 0 Å². The topological polar surface area (TPSA) is 88.4 Å². The molecule has 0 aliphatic carbocycles. The Balaban J connectivity index is 1.87. The molecule has 0 bridgehead atoms. The predicted molar refractivity (Wildman–Crippen MR) is 105 cm³/mol. The summed E-state index contributed by atoms with van der Waals surface area (Å²) in [7, 11) is 1.58. The quantitative estimate of drug-likeness (QED) is 0.549. The first-order valence-corrected chi connectivity index (χ1v) is 8.45. The summed E-state index contributed by atoms with van der Waals surface area (Å²) in [5.41, 5.74) is 2.32. The summed E-state index contributed by atoms with van der Waals surface area (Å²) in [6.07, 6.45) is 1.70. The predicted octanol–water partition coefficient (Wildman–Crippen LogP) is 2.65. The number of hydrogen-bond donors (Lipinski definition) is 2. The van der Waals surface area contributed by atoms with Gasteiger partial charge in [0, 0.05) is 18.8 Å². The summed E-state index contributed by atoms with van der Waals surface area (Å²) in [6, 6.07) is 14.3. The molecule has 0 unspecified atom stereocenters. The number of anilines is 2. The van der Waals surface area contributed by atoms with E-state index in [1.54, 1.807) is 43.6 Å². The molecule has 27 heavy (non-hydrogen) atoms. The van der Waals surface area contributed by atoms with Crippen LogP contribution in [0.2, 0.25) is 0 Å². The third kappa shape index (κ3) is 2.89. The summed E-state index contributed by atoms with van der Waals surface area (Å²) in [5.74, 6) is 0.634. The number of fused-ring (bicyclic) bond motifs is 2. The molecule has 7 heteroatoms. The number of carbonyl (C=O) groups excluding carboxylic acids is 1. The molecule has 4 aromatic rings. The number of nitrogens with zero attached hydrogens (tertiary/aromatic N) is 3. The van der Waals surface area contributed by atoms with Crippen molar-refractivity contribution in [2.45, 2.75) is 6.92 Å². The zero-order chi connectivity index (χ0) is 19.0. The van der Waals surface area contributed by atoms with E-state index in [1.165, 1.54) is 4.40 Å². The second-order valence-corrected chi connectivity index (χ2v) is 6.13. The highest BCUT2D eigenvalue weighted by Crippen LogP contribution is 2.22. The number of aryl methyl sites for hydroxylation is 1. The van der Waals surface area contributed by atoms with Gasteiger partial charge in [-0.1, -0.05) is 24.3 Å². The van der Waals surface area contributed by atoms with Gasteiger partial charge in [0.25, 0.3) is 11.5 Å². The van der Waals surface area contributed by atoms with Crippen LogP contribution in [0.4, 0.5) is 11.5 Å². The fourth-order valence-electron chi connectivity index (χ4n) is 2.95. The summed E-state index contributed by atoms with van der Waals surface area (Å²) in [6.45, 7) is 1.85. The van der Waals surface area contributed by atoms with E-state index in [4.69, 9.17) is 0 Å². The van der Waals surface area contributed by atoms with Gasteiger partial charge in [0.05, 0.1) is 22.2 Å². The SMILES string of the molecule is CNC(=O)c1ccccc1Nc1nc2nc3ccccc3c(=O)n2cc1C. The molecule has 1 amide bonds. The van der Waals surface area contributed by atoms with E-state index in [0.29, 0.717) is 33.7 Å². The molecular formula is C20H17N5O2. The molecule has 2 N–H and O–H groups in total. The van der Waals surface area contributed by atoms with Crippen LogP contribution in [0.3, 0.4) is 0 Å². The lowest BCUT2D eigenvalue weighted by Gasteiger charge is -2.13. The Hall–Kier alpha value is -3.74. The molecule has 134 valence electrons. The Morgan fingerprint density at radius 1 is 1.04 bits per heavy atom. The monoisotopic (exact) mass is 359 g/mol. The fourth-order valence-corrected chi connectivity index (χ4v) is 2.95. The van der Waals surface area contributed by atoms with Crippen molar-refractivity contribution in [2.75, 3.05) is 12.4 Å². The van der Waals surface area contributed by atoms with E-state index in [2.05, 4.69) is 20.6 Å². The first-order chi connectivity index (χ1) is 13.1. The Kier molecular flexibility index (Phi) is 4.04. The van der Waals surface area contributed by atoms with Gasteiger partial charge in [-0.2, -0.15) is 4.98 Å². The highest BCUT2D eigenvalue weighted by molar-refractivity contribution is 6.00. The van der Waals surface area contributed by atoms with Crippen LogP contribution in [0.5, 0.6) is 0 Å². The van der Waals surface area contributed by atoms with Gasteiger partial charge < -0.3 is 10.6 Å². The average molecular weight is 359 g/mol. The number of rotatable bonds is 3. The molecule has 2 aromatic heterocycles. The summed E-state index contributed by atoms with van der Waals surface area (Å²) in [5, 5.41) is 6.35. The number of hydrogen-bond acceptors (Lipinski definition) is 5. The van der Waals surface area contributed by atoms with E-state index >= 15 is 0 Å². The lowest BCUT2D eigenvalue weighted by molar-refractivity contribution is 0.0964. The maximum atomic E-state index is 12.7. The van der Waals surface area contributed by atoms with Crippen molar-refractivity contribution in [1.29, 1.82) is 0 Å². The van der Waals surface area contributed by atoms with Crippen LogP contribution in [0.25, 0.3) is 16.7 Å². The van der Waals surface area contributed by atoms with Crippen molar-refractivity contribution in [2.24, 2.45) is 0 Å². The minimum absolute atomic E-state index is 0.163. The second-order valence-electron chi connectivity index (χ2n) is 6.13. The van der Waals surface area contributed by atoms with Gasteiger partial charge in [-0.15, -0.1) is 0 Å². The van der Waals surface area contributed by atoms with Crippen molar-refractivity contribution >= 4 is 34.1 Å². The average Bonchev–Trinajstić information content (AvgIpc) is 2.69. The van der Waals surface area contributed by atoms with Crippen LogP contribution in [-0.2, 0) is 0 Å². The first-order valence-electron chi connectivity index (χ1n) is 8.45. The van der Waals surface area contributed by atoms with Gasteiger partial charge in [-0.05, 0) is 31.2 Å². The number of amides is 1. The molecular weight excluding hydrogens is 342 g/mol. The standard InChI is InChI=1S/C20H17N5O2/c1-12-11-25-19(27)14-8-4-6-10-16(14)23-20(25)24-17(12)22-15-9-5-3-7-13(15)18(26)21-2/h3-11H,1-2H3,(H,21,26)(H,22,23,24). The Bertz CT molecular complexity index is 1250. The van der Waals surface area contributed by atoms with Crippen LogP contribution >= 0.6 is 0 Å². The normalized spacial score (nSPS) is 10.9. The van der Waals surface area contributed by atoms with Gasteiger partial charge in [-0.25, -0.2) is 4.98 Å². The fraction of sp³-hybridized carbons (Fsp3) is 0.100. The summed E-state index contributed by atoms with van der Waals surface area (Å²) in [4.78, 5) is 33.8. The van der Waals surface area contributed by atoms with Crippen LogP contribution < -0.4 is 16.2 Å². The maximum Gasteiger partial charge on any atom is 0.266 e. The molecule has 0 saturated heterocycles. The van der Waals surface area contributed by atoms with Gasteiger partial charge in [0.1, 0.15) is 5.82 Å².